The molecule has 0 saturated heterocycles. The summed E-state index contributed by atoms with van der Waals surface area (Å²) in [5.41, 5.74) is 0. The lowest BCUT2D eigenvalue weighted by atomic mass is 10.0. The van der Waals surface area contributed by atoms with Crippen LogP contribution in [0, 0.1) is 0 Å². The maximum absolute atomic E-state index is 13.0. The molecular formula is C60H113N2O6P. The van der Waals surface area contributed by atoms with Crippen LogP contribution in [0.25, 0.3) is 0 Å². The fraction of sp³-hybridized carbons (Fsp3) is 0.817. The Balaban J connectivity index is 4.30. The zero-order chi connectivity index (χ0) is 50.6. The van der Waals surface area contributed by atoms with E-state index in [9.17, 15) is 19.4 Å². The summed E-state index contributed by atoms with van der Waals surface area (Å²) >= 11 is 0. The summed E-state index contributed by atoms with van der Waals surface area (Å²) in [6, 6.07) is -0.915. The first-order chi connectivity index (χ1) is 33.5. The van der Waals surface area contributed by atoms with E-state index in [1.165, 1.54) is 193 Å². The molecule has 0 rings (SSSR count). The quantitative estimate of drug-likeness (QED) is 0.0272. The molecule has 9 heteroatoms. The predicted molar refractivity (Wildman–Crippen MR) is 297 cm³/mol. The van der Waals surface area contributed by atoms with Gasteiger partial charge in [-0.3, -0.25) is 9.36 Å². The van der Waals surface area contributed by atoms with E-state index in [1.54, 1.807) is 6.08 Å². The predicted octanol–water partition coefficient (Wildman–Crippen LogP) is 17.1. The molecule has 0 heterocycles. The van der Waals surface area contributed by atoms with Crippen molar-refractivity contribution in [1.29, 1.82) is 0 Å². The Bertz CT molecular complexity index is 1310. The van der Waals surface area contributed by atoms with Crippen molar-refractivity contribution in [3.8, 4) is 0 Å². The van der Waals surface area contributed by atoms with Crippen molar-refractivity contribution in [2.24, 2.45) is 0 Å². The molecule has 0 aromatic rings. The number of unbranched alkanes of at least 4 members (excludes halogenated alkanes) is 32. The maximum Gasteiger partial charge on any atom is 0.268 e. The molecular weight excluding hydrogens is 876 g/mol. The number of nitrogens with zero attached hydrogens (tertiary/aromatic N) is 1. The average Bonchev–Trinajstić information content (AvgIpc) is 3.31. The SMILES string of the molecule is CCCCCCC/C=C\C/C=C\CCCCCCCCCCCC(=O)NC(COP(=O)([O-])OCC[N+](C)(C)C)C(O)/C=C/CC/C=C/CC/C=C/CCCCCCCCCCCCCCCCCC. The second-order valence-electron chi connectivity index (χ2n) is 21.0. The van der Waals surface area contributed by atoms with Crippen molar-refractivity contribution in [1.82, 2.24) is 5.32 Å². The van der Waals surface area contributed by atoms with E-state index in [1.807, 2.05) is 27.2 Å². The third-order valence-electron chi connectivity index (χ3n) is 12.9. The standard InChI is InChI=1S/C60H113N2O6P/c1-6-8-10-12-14-16-18-20-22-24-26-28-29-30-31-32-34-35-37-39-41-43-45-47-49-51-53-59(63)58(57-68-69(65,66)67-56-55-62(3,4)5)61-60(64)54-52-50-48-46-44-42-40-38-36-33-27-25-23-21-19-17-15-13-11-9-7-2/h19,21,25,27,35,37,43,45,51,53,58-59,63H,6-18,20,22-24,26,28-34,36,38-42,44,46-50,52,54-57H2,1-5H3,(H-,61,64,65,66)/b21-19-,27-25-,37-35+,45-43+,53-51+. The lowest BCUT2D eigenvalue weighted by Gasteiger charge is -2.29. The van der Waals surface area contributed by atoms with Gasteiger partial charge < -0.3 is 28.8 Å². The van der Waals surface area contributed by atoms with Gasteiger partial charge in [-0.2, -0.15) is 0 Å². The second-order valence-corrected chi connectivity index (χ2v) is 22.4. The molecule has 0 radical (unpaired) electrons. The van der Waals surface area contributed by atoms with Crippen molar-refractivity contribution in [2.75, 3.05) is 40.9 Å². The third-order valence-corrected chi connectivity index (χ3v) is 13.9. The van der Waals surface area contributed by atoms with Crippen LogP contribution in [-0.4, -0.2) is 68.5 Å². The third kappa shape index (κ3) is 53.8. The second kappa shape index (κ2) is 51.1. The molecule has 69 heavy (non-hydrogen) atoms. The topological polar surface area (TPSA) is 108 Å². The number of carbonyl (C=O) groups is 1. The number of amides is 1. The van der Waals surface area contributed by atoms with Crippen molar-refractivity contribution in [3.63, 3.8) is 0 Å². The Morgan fingerprint density at radius 2 is 0.855 bits per heavy atom. The molecule has 404 valence electrons. The minimum absolute atomic E-state index is 0.0115. The number of rotatable bonds is 53. The summed E-state index contributed by atoms with van der Waals surface area (Å²) in [6.07, 6.45) is 68.7. The first kappa shape index (κ1) is 67.2. The fourth-order valence-corrected chi connectivity index (χ4v) is 9.06. The normalized spacial score (nSPS) is 14.4. The Morgan fingerprint density at radius 1 is 0.507 bits per heavy atom. The summed E-state index contributed by atoms with van der Waals surface area (Å²) < 4.78 is 23.3. The first-order valence-corrected chi connectivity index (χ1v) is 30.6. The zero-order valence-electron chi connectivity index (χ0n) is 46.0. The number of phosphoric ester groups is 1. The minimum atomic E-state index is -4.61. The van der Waals surface area contributed by atoms with Crippen molar-refractivity contribution in [2.45, 2.75) is 276 Å². The largest absolute Gasteiger partial charge is 0.756 e. The molecule has 0 aliphatic carbocycles. The van der Waals surface area contributed by atoms with Crippen LogP contribution >= 0.6 is 7.82 Å². The molecule has 0 spiro atoms. The number of allylic oxidation sites excluding steroid dienone is 9. The van der Waals surface area contributed by atoms with Gasteiger partial charge in [0.1, 0.15) is 13.2 Å². The van der Waals surface area contributed by atoms with Crippen LogP contribution in [0.15, 0.2) is 60.8 Å². The smallest absolute Gasteiger partial charge is 0.268 e. The highest BCUT2D eigenvalue weighted by Crippen LogP contribution is 2.38. The van der Waals surface area contributed by atoms with Gasteiger partial charge in [0, 0.05) is 6.42 Å². The molecule has 0 aromatic heterocycles. The van der Waals surface area contributed by atoms with Crippen LogP contribution in [0.2, 0.25) is 0 Å². The zero-order valence-corrected chi connectivity index (χ0v) is 46.9. The highest BCUT2D eigenvalue weighted by molar-refractivity contribution is 7.45. The van der Waals surface area contributed by atoms with Gasteiger partial charge in [-0.15, -0.1) is 0 Å². The molecule has 0 aromatic carbocycles. The van der Waals surface area contributed by atoms with Crippen molar-refractivity contribution in [3.05, 3.63) is 60.8 Å². The van der Waals surface area contributed by atoms with Gasteiger partial charge in [0.2, 0.25) is 5.91 Å². The maximum atomic E-state index is 13.0. The summed E-state index contributed by atoms with van der Waals surface area (Å²) in [5, 5.41) is 13.9. The summed E-state index contributed by atoms with van der Waals surface area (Å²) in [5.74, 6) is -0.215. The van der Waals surface area contributed by atoms with E-state index in [0.717, 1.165) is 51.4 Å². The highest BCUT2D eigenvalue weighted by Gasteiger charge is 2.23. The highest BCUT2D eigenvalue weighted by atomic mass is 31.2. The average molecular weight is 990 g/mol. The Hall–Kier alpha value is -1.80. The molecule has 3 unspecified atom stereocenters. The summed E-state index contributed by atoms with van der Waals surface area (Å²) in [6.45, 7) is 4.63. The molecule has 0 aliphatic heterocycles. The van der Waals surface area contributed by atoms with E-state index in [2.05, 4.69) is 67.8 Å². The van der Waals surface area contributed by atoms with E-state index in [4.69, 9.17) is 9.05 Å². The number of carbonyl (C=O) groups excluding carboxylic acids is 1. The fourth-order valence-electron chi connectivity index (χ4n) is 8.33. The van der Waals surface area contributed by atoms with Gasteiger partial charge in [0.25, 0.3) is 7.82 Å². The van der Waals surface area contributed by atoms with Crippen molar-refractivity contribution >= 4 is 13.7 Å². The summed E-state index contributed by atoms with van der Waals surface area (Å²) in [4.78, 5) is 25.5. The van der Waals surface area contributed by atoms with Crippen LogP contribution in [0.3, 0.4) is 0 Å². The Labute approximate surface area is 428 Å². The molecule has 1 amide bonds. The van der Waals surface area contributed by atoms with Crippen LogP contribution in [0.5, 0.6) is 0 Å². The van der Waals surface area contributed by atoms with E-state index < -0.39 is 26.6 Å². The van der Waals surface area contributed by atoms with Gasteiger partial charge in [-0.25, -0.2) is 0 Å². The van der Waals surface area contributed by atoms with Crippen LogP contribution in [0.1, 0.15) is 264 Å². The molecule has 0 bridgehead atoms. The molecule has 0 saturated carbocycles. The number of hydrogen-bond donors (Lipinski definition) is 2. The van der Waals surface area contributed by atoms with Gasteiger partial charge in [-0.05, 0) is 77.0 Å². The van der Waals surface area contributed by atoms with Gasteiger partial charge in [0.05, 0.1) is 39.9 Å². The molecule has 0 fully saturated rings. The number of likely N-dealkylation sites (N-methyl/N-ethyl adjacent to an activating group) is 1. The van der Waals surface area contributed by atoms with Gasteiger partial charge in [-0.1, -0.05) is 242 Å². The van der Waals surface area contributed by atoms with E-state index in [-0.39, 0.29) is 12.5 Å². The Morgan fingerprint density at radius 3 is 1.26 bits per heavy atom. The van der Waals surface area contributed by atoms with Crippen molar-refractivity contribution < 1.29 is 32.9 Å². The minimum Gasteiger partial charge on any atom is -0.756 e. The van der Waals surface area contributed by atoms with Crippen LogP contribution in [-0.2, 0) is 18.4 Å². The van der Waals surface area contributed by atoms with Crippen LogP contribution < -0.4 is 10.2 Å². The lowest BCUT2D eigenvalue weighted by Crippen LogP contribution is -2.45. The molecule has 8 nitrogen and oxygen atoms in total. The molecule has 0 aliphatic rings. The molecule has 3 atom stereocenters. The van der Waals surface area contributed by atoms with Crippen LogP contribution in [0.4, 0.5) is 0 Å². The lowest BCUT2D eigenvalue weighted by molar-refractivity contribution is -0.870. The molecule has 2 N–H and O–H groups in total. The number of nitrogens with one attached hydrogen (secondary N) is 1. The number of aliphatic hydroxyl groups excluding tert-OH is 1. The van der Waals surface area contributed by atoms with E-state index in [0.29, 0.717) is 17.4 Å². The van der Waals surface area contributed by atoms with Gasteiger partial charge >= 0.3 is 0 Å². The first-order valence-electron chi connectivity index (χ1n) is 29.2. The number of aliphatic hydroxyl groups is 1. The summed E-state index contributed by atoms with van der Waals surface area (Å²) in [7, 11) is 1.23. The monoisotopic (exact) mass is 989 g/mol. The Kier molecular flexibility index (Phi) is 49.8. The number of phosphoric acid groups is 1. The number of quaternary nitrogens is 1. The van der Waals surface area contributed by atoms with E-state index >= 15 is 0 Å². The van der Waals surface area contributed by atoms with Gasteiger partial charge in [0.15, 0.2) is 0 Å². The number of hydrogen-bond acceptors (Lipinski definition) is 6.